The van der Waals surface area contributed by atoms with Gasteiger partial charge in [-0.3, -0.25) is 4.79 Å². The Morgan fingerprint density at radius 1 is 1.17 bits per heavy atom. The van der Waals surface area contributed by atoms with Gasteiger partial charge < -0.3 is 14.8 Å². The Bertz CT molecular complexity index is 1010. The first-order valence-electron chi connectivity index (χ1n) is 8.74. The number of aromatic nitrogens is 4. The highest BCUT2D eigenvalue weighted by molar-refractivity contribution is 5.95. The summed E-state index contributed by atoms with van der Waals surface area (Å²) in [6.07, 6.45) is -4.42. The number of hydrogen-bond acceptors (Lipinski definition) is 6. The van der Waals surface area contributed by atoms with Crippen LogP contribution in [0, 0.1) is 0 Å². The predicted molar refractivity (Wildman–Crippen MR) is 100 cm³/mol. The molecule has 8 nitrogen and oxygen atoms in total. The lowest BCUT2D eigenvalue weighted by atomic mass is 9.96. The summed E-state index contributed by atoms with van der Waals surface area (Å²) >= 11 is 0. The molecule has 158 valence electrons. The SMILES string of the molecule is COc1cccc(C[C@@H](C(=O)Nc2cccc(C(F)(F)F)c2)c2nn[nH]n2)c1OC. The van der Waals surface area contributed by atoms with Gasteiger partial charge in [0.15, 0.2) is 17.3 Å². The molecule has 0 unspecified atom stereocenters. The molecule has 0 spiro atoms. The highest BCUT2D eigenvalue weighted by atomic mass is 19.4. The number of hydrogen-bond donors (Lipinski definition) is 2. The second-order valence-electron chi connectivity index (χ2n) is 6.25. The quantitative estimate of drug-likeness (QED) is 0.608. The van der Waals surface area contributed by atoms with Gasteiger partial charge in [0.1, 0.15) is 5.92 Å². The summed E-state index contributed by atoms with van der Waals surface area (Å²) in [6.45, 7) is 0. The molecular formula is C19H18F3N5O3. The number of ether oxygens (including phenoxy) is 2. The van der Waals surface area contributed by atoms with E-state index >= 15 is 0 Å². The molecule has 0 aliphatic carbocycles. The van der Waals surface area contributed by atoms with Crippen LogP contribution in [0.4, 0.5) is 18.9 Å². The lowest BCUT2D eigenvalue weighted by Gasteiger charge is -2.17. The minimum Gasteiger partial charge on any atom is -0.493 e. The minimum absolute atomic E-state index is 0.000858. The number of tetrazole rings is 1. The van der Waals surface area contributed by atoms with Crippen molar-refractivity contribution >= 4 is 11.6 Å². The van der Waals surface area contributed by atoms with Gasteiger partial charge in [0, 0.05) is 5.69 Å². The van der Waals surface area contributed by atoms with Crippen molar-refractivity contribution in [2.75, 3.05) is 19.5 Å². The van der Waals surface area contributed by atoms with Crippen molar-refractivity contribution in [1.29, 1.82) is 0 Å². The number of amides is 1. The average Bonchev–Trinajstić information content (AvgIpc) is 3.25. The number of halogens is 3. The zero-order chi connectivity index (χ0) is 21.7. The lowest BCUT2D eigenvalue weighted by molar-refractivity contribution is -0.137. The van der Waals surface area contributed by atoms with Crippen LogP contribution in [-0.2, 0) is 17.4 Å². The van der Waals surface area contributed by atoms with E-state index in [0.717, 1.165) is 12.1 Å². The first-order chi connectivity index (χ1) is 14.3. The van der Waals surface area contributed by atoms with E-state index in [1.54, 1.807) is 18.2 Å². The second kappa shape index (κ2) is 8.80. The van der Waals surface area contributed by atoms with Crippen LogP contribution in [0.5, 0.6) is 11.5 Å². The monoisotopic (exact) mass is 421 g/mol. The summed E-state index contributed by atoms with van der Waals surface area (Å²) in [5.74, 6) is -0.551. The van der Waals surface area contributed by atoms with Crippen molar-refractivity contribution < 1.29 is 27.4 Å². The molecule has 2 N–H and O–H groups in total. The summed E-state index contributed by atoms with van der Waals surface area (Å²) in [7, 11) is 2.95. The Morgan fingerprint density at radius 3 is 2.57 bits per heavy atom. The molecule has 0 aliphatic heterocycles. The van der Waals surface area contributed by atoms with Crippen molar-refractivity contribution in [2.24, 2.45) is 0 Å². The molecule has 1 amide bonds. The highest BCUT2D eigenvalue weighted by Gasteiger charge is 2.31. The molecule has 1 heterocycles. The Morgan fingerprint density at radius 2 is 1.93 bits per heavy atom. The van der Waals surface area contributed by atoms with E-state index < -0.39 is 23.6 Å². The number of anilines is 1. The summed E-state index contributed by atoms with van der Waals surface area (Å²) in [5.41, 5.74) is -0.238. The second-order valence-corrected chi connectivity index (χ2v) is 6.25. The number of H-pyrrole nitrogens is 1. The van der Waals surface area contributed by atoms with Gasteiger partial charge in [-0.15, -0.1) is 10.2 Å². The lowest BCUT2D eigenvalue weighted by Crippen LogP contribution is -2.24. The van der Waals surface area contributed by atoms with E-state index in [-0.39, 0.29) is 17.9 Å². The molecule has 0 saturated heterocycles. The molecule has 0 fully saturated rings. The van der Waals surface area contributed by atoms with Gasteiger partial charge in [-0.25, -0.2) is 0 Å². The van der Waals surface area contributed by atoms with Crippen LogP contribution >= 0.6 is 0 Å². The normalized spacial score (nSPS) is 12.3. The molecule has 0 aliphatic rings. The van der Waals surface area contributed by atoms with E-state index in [1.807, 2.05) is 0 Å². The molecule has 3 rings (SSSR count). The van der Waals surface area contributed by atoms with Crippen LogP contribution < -0.4 is 14.8 Å². The average molecular weight is 421 g/mol. The Labute approximate surface area is 169 Å². The summed E-state index contributed by atoms with van der Waals surface area (Å²) in [6, 6.07) is 9.54. The third-order valence-corrected chi connectivity index (χ3v) is 4.36. The van der Waals surface area contributed by atoms with Crippen LogP contribution in [-0.4, -0.2) is 40.8 Å². The predicted octanol–water partition coefficient (Wildman–Crippen LogP) is 3.20. The molecule has 3 aromatic rings. The molecule has 1 atom stereocenters. The fourth-order valence-corrected chi connectivity index (χ4v) is 2.96. The van der Waals surface area contributed by atoms with Crippen LogP contribution in [0.25, 0.3) is 0 Å². The van der Waals surface area contributed by atoms with E-state index in [0.29, 0.717) is 17.1 Å². The van der Waals surface area contributed by atoms with E-state index in [4.69, 9.17) is 9.47 Å². The van der Waals surface area contributed by atoms with Gasteiger partial charge in [0.05, 0.1) is 19.8 Å². The molecule has 1 aromatic heterocycles. The van der Waals surface area contributed by atoms with Crippen molar-refractivity contribution in [1.82, 2.24) is 20.6 Å². The van der Waals surface area contributed by atoms with Gasteiger partial charge >= 0.3 is 6.18 Å². The number of alkyl halides is 3. The van der Waals surface area contributed by atoms with E-state index in [2.05, 4.69) is 25.9 Å². The fourth-order valence-electron chi connectivity index (χ4n) is 2.96. The topological polar surface area (TPSA) is 102 Å². The number of carbonyl (C=O) groups excluding carboxylic acids is 1. The molecular weight excluding hydrogens is 403 g/mol. The summed E-state index contributed by atoms with van der Waals surface area (Å²) in [4.78, 5) is 12.9. The Kier molecular flexibility index (Phi) is 6.19. The minimum atomic E-state index is -4.53. The number of rotatable bonds is 7. The van der Waals surface area contributed by atoms with Crippen LogP contribution in [0.1, 0.15) is 22.9 Å². The number of benzene rings is 2. The third kappa shape index (κ3) is 4.67. The van der Waals surface area contributed by atoms with Crippen molar-refractivity contribution in [3.63, 3.8) is 0 Å². The van der Waals surface area contributed by atoms with Crippen molar-refractivity contribution in [2.45, 2.75) is 18.5 Å². The van der Waals surface area contributed by atoms with Crippen LogP contribution in [0.15, 0.2) is 42.5 Å². The number of nitrogens with one attached hydrogen (secondary N) is 2. The molecule has 0 saturated carbocycles. The number of nitrogens with zero attached hydrogens (tertiary/aromatic N) is 3. The first kappa shape index (κ1) is 21.1. The fraction of sp³-hybridized carbons (Fsp3) is 0.263. The molecule has 2 aromatic carbocycles. The third-order valence-electron chi connectivity index (χ3n) is 4.36. The van der Waals surface area contributed by atoms with Crippen molar-refractivity contribution in [3.05, 3.63) is 59.4 Å². The number of aromatic amines is 1. The zero-order valence-corrected chi connectivity index (χ0v) is 16.0. The Balaban J connectivity index is 1.90. The molecule has 30 heavy (non-hydrogen) atoms. The molecule has 0 radical (unpaired) electrons. The van der Waals surface area contributed by atoms with Crippen molar-refractivity contribution in [3.8, 4) is 11.5 Å². The number of methoxy groups -OCH3 is 2. The smallest absolute Gasteiger partial charge is 0.416 e. The summed E-state index contributed by atoms with van der Waals surface area (Å²) < 4.78 is 49.5. The van der Waals surface area contributed by atoms with Gasteiger partial charge in [-0.05, 0) is 36.2 Å². The van der Waals surface area contributed by atoms with E-state index in [1.165, 1.54) is 26.4 Å². The van der Waals surface area contributed by atoms with Gasteiger partial charge in [0.2, 0.25) is 5.91 Å². The summed E-state index contributed by atoms with van der Waals surface area (Å²) in [5, 5.41) is 16.0. The Hall–Kier alpha value is -3.63. The molecule has 11 heteroatoms. The van der Waals surface area contributed by atoms with E-state index in [9.17, 15) is 18.0 Å². The van der Waals surface area contributed by atoms with Crippen LogP contribution in [0.3, 0.4) is 0 Å². The largest absolute Gasteiger partial charge is 0.493 e. The number of para-hydroxylation sites is 1. The standard InChI is InChI=1S/C19H18F3N5O3/c1-29-15-8-3-5-11(16(15)30-2)9-14(17-24-26-27-25-17)18(28)23-13-7-4-6-12(10-13)19(20,21)22/h3-8,10,14H,9H2,1-2H3,(H,23,28)(H,24,25,26,27)/t14-/m1/s1. The maximum atomic E-state index is 13.0. The first-order valence-corrected chi connectivity index (χ1v) is 8.74. The number of carbonyl (C=O) groups is 1. The van der Waals surface area contributed by atoms with Gasteiger partial charge in [0.25, 0.3) is 0 Å². The van der Waals surface area contributed by atoms with Gasteiger partial charge in [-0.1, -0.05) is 23.4 Å². The van der Waals surface area contributed by atoms with Crippen LogP contribution in [0.2, 0.25) is 0 Å². The zero-order valence-electron chi connectivity index (χ0n) is 16.0. The maximum absolute atomic E-state index is 13.0. The van der Waals surface area contributed by atoms with Gasteiger partial charge in [-0.2, -0.15) is 18.4 Å². The highest BCUT2D eigenvalue weighted by Crippen LogP contribution is 2.34. The molecule has 0 bridgehead atoms. The maximum Gasteiger partial charge on any atom is 0.416 e.